The molecule has 1 N–H and O–H groups in total. The summed E-state index contributed by atoms with van der Waals surface area (Å²) in [5, 5.41) is 9.66. The van der Waals surface area contributed by atoms with E-state index in [9.17, 15) is 9.59 Å². The number of aromatic nitrogens is 4. The van der Waals surface area contributed by atoms with Gasteiger partial charge in [-0.15, -0.1) is 0 Å². The van der Waals surface area contributed by atoms with Gasteiger partial charge in [-0.05, 0) is 51.1 Å². The third-order valence-corrected chi connectivity index (χ3v) is 9.06. The maximum absolute atomic E-state index is 13.9. The summed E-state index contributed by atoms with van der Waals surface area (Å²) in [6.45, 7) is 12.4. The molecule has 10 nitrogen and oxygen atoms in total. The first kappa shape index (κ1) is 26.0. The van der Waals surface area contributed by atoms with Crippen molar-refractivity contribution in [2.75, 3.05) is 50.8 Å². The molecule has 4 aromatic rings. The van der Waals surface area contributed by atoms with Crippen molar-refractivity contribution in [3.8, 4) is 16.9 Å². The molecule has 0 aliphatic carbocycles. The quantitative estimate of drug-likeness (QED) is 0.363. The van der Waals surface area contributed by atoms with Crippen molar-refractivity contribution in [3.63, 3.8) is 0 Å². The number of hydrogen-bond acceptors (Lipinski definition) is 7. The number of piperazine rings is 1. The van der Waals surface area contributed by atoms with Gasteiger partial charge in [-0.1, -0.05) is 30.3 Å². The Hall–Kier alpha value is -3.89. The zero-order chi connectivity index (χ0) is 28.4. The van der Waals surface area contributed by atoms with Gasteiger partial charge in [0.15, 0.2) is 5.75 Å². The molecule has 0 saturated carbocycles. The van der Waals surface area contributed by atoms with Gasteiger partial charge in [-0.3, -0.25) is 14.5 Å². The van der Waals surface area contributed by atoms with Crippen LogP contribution in [0, 0.1) is 6.92 Å². The molecule has 3 aliphatic heterocycles. The van der Waals surface area contributed by atoms with E-state index in [2.05, 4.69) is 31.6 Å². The third kappa shape index (κ3) is 4.11. The summed E-state index contributed by atoms with van der Waals surface area (Å²) in [7, 11) is 0. The number of fused-ring (bicyclic) bond motifs is 1. The van der Waals surface area contributed by atoms with Gasteiger partial charge in [0.25, 0.3) is 0 Å². The maximum atomic E-state index is 13.9. The normalized spacial score (nSPS) is 20.8. The average Bonchev–Trinajstić information content (AvgIpc) is 3.42. The number of nitrogens with one attached hydrogen (secondary N) is 1. The minimum atomic E-state index is -0.302. The fourth-order valence-electron chi connectivity index (χ4n) is 6.55. The summed E-state index contributed by atoms with van der Waals surface area (Å²) in [5.41, 5.74) is 3.95. The molecule has 0 radical (unpaired) electrons. The Morgan fingerprint density at radius 3 is 2.80 bits per heavy atom. The molecule has 1 amide bonds. The van der Waals surface area contributed by atoms with Crippen LogP contribution >= 0.6 is 11.6 Å². The van der Waals surface area contributed by atoms with Crippen molar-refractivity contribution in [2.45, 2.75) is 32.4 Å². The number of likely N-dealkylation sites (tertiary alicyclic amines) is 1. The van der Waals surface area contributed by atoms with Gasteiger partial charge < -0.3 is 19.4 Å². The second kappa shape index (κ2) is 9.88. The number of H-pyrrole nitrogens is 1. The summed E-state index contributed by atoms with van der Waals surface area (Å²) >= 11 is 7.14. The Labute approximate surface area is 242 Å². The number of ether oxygens (including phenoxy) is 1. The van der Waals surface area contributed by atoms with Crippen molar-refractivity contribution >= 4 is 45.1 Å². The van der Waals surface area contributed by atoms with Crippen molar-refractivity contribution in [2.24, 2.45) is 0 Å². The fraction of sp³-hybridized carbons (Fsp3) is 0.400. The lowest BCUT2D eigenvalue weighted by atomic mass is 9.94. The predicted octanol–water partition coefficient (Wildman–Crippen LogP) is 3.76. The van der Waals surface area contributed by atoms with Crippen molar-refractivity contribution in [1.82, 2.24) is 29.5 Å². The van der Waals surface area contributed by atoms with Gasteiger partial charge in [0.2, 0.25) is 5.91 Å². The Bertz CT molecular complexity index is 1780. The number of nitrogens with zero attached hydrogens (tertiary/aromatic N) is 6. The Morgan fingerprint density at radius 2 is 2.07 bits per heavy atom. The molecule has 212 valence electrons. The van der Waals surface area contributed by atoms with Gasteiger partial charge in [-0.2, -0.15) is 10.1 Å². The summed E-state index contributed by atoms with van der Waals surface area (Å²) in [5.74, 6) is 1.06. The smallest absolute Gasteiger partial charge is 0.350 e. The van der Waals surface area contributed by atoms with E-state index in [1.165, 1.54) is 6.08 Å². The van der Waals surface area contributed by atoms with E-state index in [4.69, 9.17) is 16.3 Å². The standard InChI is InChI=1S/C30H32ClN7O3/c1-4-23(39)36-10-11-37(18(3)14-36)29-21-12-22(31)25(24-17(2)6-7-19-13-32-34-26(19)24)28-27(21)38(30(40)33-29)20(16-41-28)15-35-8-5-9-35/h4,6-7,12-13,18,20H,1,5,8-11,14-16H2,2-3H3,(H,32,34)/t18-,20?/m0/s1. The van der Waals surface area contributed by atoms with Crippen LogP contribution in [-0.4, -0.2) is 87.4 Å². The lowest BCUT2D eigenvalue weighted by molar-refractivity contribution is -0.126. The maximum Gasteiger partial charge on any atom is 0.350 e. The molecular formula is C30H32ClN7O3. The second-order valence-electron chi connectivity index (χ2n) is 11.3. The minimum absolute atomic E-state index is 0.0674. The Kier molecular flexibility index (Phi) is 6.28. The molecule has 2 fully saturated rings. The molecule has 7 rings (SSSR count). The van der Waals surface area contributed by atoms with Crippen LogP contribution in [0.2, 0.25) is 5.02 Å². The lowest BCUT2D eigenvalue weighted by Crippen LogP contribution is -2.54. The molecule has 11 heteroatoms. The van der Waals surface area contributed by atoms with Gasteiger partial charge >= 0.3 is 5.69 Å². The van der Waals surface area contributed by atoms with Crippen molar-refractivity contribution < 1.29 is 9.53 Å². The molecule has 41 heavy (non-hydrogen) atoms. The number of aryl methyl sites for hydroxylation is 1. The Morgan fingerprint density at radius 1 is 1.24 bits per heavy atom. The molecule has 2 atom stereocenters. The Balaban J connectivity index is 1.46. The van der Waals surface area contributed by atoms with Crippen LogP contribution in [0.3, 0.4) is 0 Å². The first-order valence-electron chi connectivity index (χ1n) is 14.1. The number of hydrogen-bond donors (Lipinski definition) is 1. The van der Waals surface area contributed by atoms with E-state index in [1.54, 1.807) is 11.1 Å². The SMILES string of the molecule is C=CC(=O)N1CCN(c2nc(=O)n3c4c(c(-c5c(C)ccc6cn[nH]c56)c(Cl)cc24)OCC3CN2CCC2)[C@@H](C)C1. The molecule has 1 unspecified atom stereocenters. The number of amides is 1. The zero-order valence-corrected chi connectivity index (χ0v) is 23.9. The van der Waals surface area contributed by atoms with E-state index in [1.807, 2.05) is 36.6 Å². The number of rotatable bonds is 5. The molecule has 2 aromatic carbocycles. The highest BCUT2D eigenvalue weighted by atomic mass is 35.5. The monoisotopic (exact) mass is 573 g/mol. The van der Waals surface area contributed by atoms with Gasteiger partial charge in [0.05, 0.1) is 28.3 Å². The second-order valence-corrected chi connectivity index (χ2v) is 11.7. The van der Waals surface area contributed by atoms with E-state index in [0.717, 1.165) is 59.0 Å². The van der Waals surface area contributed by atoms with Crippen LogP contribution in [-0.2, 0) is 4.79 Å². The summed E-state index contributed by atoms with van der Waals surface area (Å²) in [4.78, 5) is 37.1. The number of anilines is 1. The van der Waals surface area contributed by atoms with Crippen molar-refractivity contribution in [3.05, 3.63) is 58.1 Å². The van der Waals surface area contributed by atoms with Crippen LogP contribution in [0.25, 0.3) is 32.9 Å². The van der Waals surface area contributed by atoms with Crippen LogP contribution in [0.5, 0.6) is 5.75 Å². The summed E-state index contributed by atoms with van der Waals surface area (Å²) < 4.78 is 8.42. The van der Waals surface area contributed by atoms with E-state index >= 15 is 0 Å². The summed E-state index contributed by atoms with van der Waals surface area (Å²) in [6, 6.07) is 5.76. The number of benzene rings is 2. The molecule has 2 saturated heterocycles. The van der Waals surface area contributed by atoms with E-state index in [-0.39, 0.29) is 23.7 Å². The van der Waals surface area contributed by atoms with Crippen molar-refractivity contribution in [1.29, 1.82) is 0 Å². The van der Waals surface area contributed by atoms with Gasteiger partial charge in [-0.25, -0.2) is 4.79 Å². The highest BCUT2D eigenvalue weighted by molar-refractivity contribution is 6.35. The molecule has 0 bridgehead atoms. The molecule has 0 spiro atoms. The third-order valence-electron chi connectivity index (χ3n) is 8.76. The highest BCUT2D eigenvalue weighted by Crippen LogP contribution is 2.48. The predicted molar refractivity (Wildman–Crippen MR) is 160 cm³/mol. The number of carbonyl (C=O) groups is 1. The fourth-order valence-corrected chi connectivity index (χ4v) is 6.84. The van der Waals surface area contributed by atoms with Crippen LogP contribution in [0.15, 0.2) is 41.8 Å². The number of halogens is 1. The lowest BCUT2D eigenvalue weighted by Gasteiger charge is -2.41. The van der Waals surface area contributed by atoms with Crippen LogP contribution < -0.4 is 15.3 Å². The molecule has 2 aromatic heterocycles. The minimum Gasteiger partial charge on any atom is -0.488 e. The summed E-state index contributed by atoms with van der Waals surface area (Å²) in [6.07, 6.45) is 4.30. The zero-order valence-electron chi connectivity index (χ0n) is 23.2. The van der Waals surface area contributed by atoms with Gasteiger partial charge in [0, 0.05) is 54.1 Å². The first-order valence-corrected chi connectivity index (χ1v) is 14.5. The van der Waals surface area contributed by atoms with Crippen LogP contribution in [0.4, 0.5) is 5.82 Å². The molecule has 3 aliphatic rings. The molecular weight excluding hydrogens is 542 g/mol. The van der Waals surface area contributed by atoms with Crippen LogP contribution in [0.1, 0.15) is 24.9 Å². The number of aromatic amines is 1. The molecule has 5 heterocycles. The first-order chi connectivity index (χ1) is 19.9. The van der Waals surface area contributed by atoms with Gasteiger partial charge in [0.1, 0.15) is 12.4 Å². The topological polar surface area (TPSA) is 99.6 Å². The van der Waals surface area contributed by atoms with E-state index in [0.29, 0.717) is 48.3 Å². The largest absolute Gasteiger partial charge is 0.488 e. The number of carbonyl (C=O) groups excluding carboxylic acids is 1. The van der Waals surface area contributed by atoms with E-state index < -0.39 is 0 Å². The average molecular weight is 574 g/mol. The highest BCUT2D eigenvalue weighted by Gasteiger charge is 2.35.